The third-order valence-electron chi connectivity index (χ3n) is 4.56. The average molecular weight is 498 g/mol. The molecule has 0 bridgehead atoms. The Morgan fingerprint density at radius 2 is 2.07 bits per heavy atom. The van der Waals surface area contributed by atoms with Crippen LogP contribution in [0.1, 0.15) is 23.0 Å². The minimum atomic E-state index is -0.115. The Hall–Kier alpha value is -2.07. The molecule has 2 N–H and O–H groups in total. The van der Waals surface area contributed by atoms with Crippen molar-refractivity contribution in [3.8, 4) is 0 Å². The number of nitrogens with one attached hydrogen (secondary N) is 2. The molecule has 7 nitrogen and oxygen atoms in total. The second kappa shape index (κ2) is 11.1. The Bertz CT molecular complexity index is 780. The number of aryl methyl sites for hydroxylation is 1. The van der Waals surface area contributed by atoms with Crippen LogP contribution in [0.4, 0.5) is 0 Å². The third kappa shape index (κ3) is 5.96. The molecule has 0 spiro atoms. The highest BCUT2D eigenvalue weighted by atomic mass is 127. The molecule has 0 saturated carbocycles. The lowest BCUT2D eigenvalue weighted by Crippen LogP contribution is -2.50. The van der Waals surface area contributed by atoms with Gasteiger partial charge in [-0.05, 0) is 30.2 Å². The maximum Gasteiger partial charge on any atom is 0.239 e. The van der Waals surface area contributed by atoms with Gasteiger partial charge in [-0.15, -0.1) is 24.0 Å². The zero-order chi connectivity index (χ0) is 19.1. The number of ether oxygens (including phenoxy) is 1. The van der Waals surface area contributed by atoms with Gasteiger partial charge in [-0.25, -0.2) is 0 Å². The first-order valence-electron chi connectivity index (χ1n) is 9.09. The molecule has 3 rings (SSSR count). The number of hydrogen-bond donors (Lipinski definition) is 2. The standard InChI is InChI=1S/C20H26N4O3.HI/c1-15-6-3-4-8-17(15)18-14-24(9-11-27-18)20(21-2)23-13-19(25)22-12-16-7-5-10-26-16;/h3-8,10,18H,9,11-14H2,1-2H3,(H,21,23)(H,22,25);1H. The molecule has 2 heterocycles. The summed E-state index contributed by atoms with van der Waals surface area (Å²) in [4.78, 5) is 18.5. The normalized spacial score (nSPS) is 17.0. The van der Waals surface area contributed by atoms with Crippen molar-refractivity contribution in [2.75, 3.05) is 33.3 Å². The van der Waals surface area contributed by atoms with Gasteiger partial charge in [0.15, 0.2) is 5.96 Å². The minimum Gasteiger partial charge on any atom is -0.467 e. The molecular formula is C20H27IN4O3. The smallest absolute Gasteiger partial charge is 0.239 e. The van der Waals surface area contributed by atoms with Gasteiger partial charge in [-0.1, -0.05) is 24.3 Å². The van der Waals surface area contributed by atoms with Gasteiger partial charge in [0.1, 0.15) is 11.9 Å². The fourth-order valence-electron chi connectivity index (χ4n) is 3.13. The summed E-state index contributed by atoms with van der Waals surface area (Å²) < 4.78 is 11.2. The molecule has 1 fully saturated rings. The van der Waals surface area contributed by atoms with Crippen LogP contribution in [0.3, 0.4) is 0 Å². The first kappa shape index (κ1) is 22.2. The number of hydrogen-bond acceptors (Lipinski definition) is 4. The van der Waals surface area contributed by atoms with Crippen LogP contribution in [0.5, 0.6) is 0 Å². The molecule has 152 valence electrons. The van der Waals surface area contributed by atoms with Gasteiger partial charge in [-0.2, -0.15) is 0 Å². The molecule has 0 aliphatic carbocycles. The van der Waals surface area contributed by atoms with Crippen molar-refractivity contribution in [1.82, 2.24) is 15.5 Å². The fraction of sp³-hybridized carbons (Fsp3) is 0.400. The summed E-state index contributed by atoms with van der Waals surface area (Å²) in [7, 11) is 1.72. The molecule has 1 amide bonds. The second-order valence-corrected chi connectivity index (χ2v) is 6.42. The number of rotatable bonds is 5. The molecule has 1 aliphatic rings. The van der Waals surface area contributed by atoms with E-state index in [2.05, 4.69) is 39.6 Å². The van der Waals surface area contributed by atoms with Crippen LogP contribution in [-0.2, 0) is 16.1 Å². The Balaban J connectivity index is 0.00000280. The second-order valence-electron chi connectivity index (χ2n) is 6.42. The summed E-state index contributed by atoms with van der Waals surface area (Å²) in [5.74, 6) is 1.31. The van der Waals surface area contributed by atoms with Crippen molar-refractivity contribution in [2.24, 2.45) is 4.99 Å². The summed E-state index contributed by atoms with van der Waals surface area (Å²) >= 11 is 0. The number of benzene rings is 1. The van der Waals surface area contributed by atoms with Gasteiger partial charge in [0.05, 0.1) is 32.5 Å². The highest BCUT2D eigenvalue weighted by molar-refractivity contribution is 14.0. The Morgan fingerprint density at radius 3 is 2.79 bits per heavy atom. The molecule has 0 radical (unpaired) electrons. The Morgan fingerprint density at radius 1 is 1.25 bits per heavy atom. The van der Waals surface area contributed by atoms with Crippen LogP contribution in [0.15, 0.2) is 52.1 Å². The van der Waals surface area contributed by atoms with Crippen LogP contribution in [0, 0.1) is 6.92 Å². The van der Waals surface area contributed by atoms with Crippen molar-refractivity contribution in [3.63, 3.8) is 0 Å². The Kier molecular flexibility index (Phi) is 8.78. The van der Waals surface area contributed by atoms with E-state index in [-0.39, 0.29) is 42.5 Å². The molecule has 1 unspecified atom stereocenters. The molecule has 1 aromatic carbocycles. The maximum atomic E-state index is 12.1. The van der Waals surface area contributed by atoms with Crippen molar-refractivity contribution >= 4 is 35.8 Å². The number of morpholine rings is 1. The first-order valence-corrected chi connectivity index (χ1v) is 9.09. The lowest BCUT2D eigenvalue weighted by molar-refractivity contribution is -0.120. The van der Waals surface area contributed by atoms with Gasteiger partial charge in [0.2, 0.25) is 5.91 Å². The Labute approximate surface area is 182 Å². The predicted octanol–water partition coefficient (Wildman–Crippen LogP) is 2.47. The van der Waals surface area contributed by atoms with Crippen molar-refractivity contribution in [3.05, 3.63) is 59.5 Å². The monoisotopic (exact) mass is 498 g/mol. The number of aliphatic imine (C=N–C) groups is 1. The molecule has 28 heavy (non-hydrogen) atoms. The number of carbonyl (C=O) groups is 1. The summed E-state index contributed by atoms with van der Waals surface area (Å²) in [5.41, 5.74) is 2.40. The topological polar surface area (TPSA) is 79.1 Å². The zero-order valence-corrected chi connectivity index (χ0v) is 18.5. The van der Waals surface area contributed by atoms with Crippen molar-refractivity contribution in [2.45, 2.75) is 19.6 Å². The molecule has 1 saturated heterocycles. The van der Waals surface area contributed by atoms with Gasteiger partial charge >= 0.3 is 0 Å². The van der Waals surface area contributed by atoms with Crippen molar-refractivity contribution in [1.29, 1.82) is 0 Å². The molecule has 1 aliphatic heterocycles. The van der Waals surface area contributed by atoms with Crippen LogP contribution >= 0.6 is 24.0 Å². The largest absolute Gasteiger partial charge is 0.467 e. The summed E-state index contributed by atoms with van der Waals surface area (Å²) in [6, 6.07) is 11.9. The average Bonchev–Trinajstić information content (AvgIpc) is 3.21. The van der Waals surface area contributed by atoms with E-state index in [1.807, 2.05) is 18.2 Å². The molecule has 2 aromatic rings. The van der Waals surface area contributed by atoms with E-state index in [1.165, 1.54) is 11.1 Å². The highest BCUT2D eigenvalue weighted by Crippen LogP contribution is 2.24. The van der Waals surface area contributed by atoms with Crippen LogP contribution in [0.25, 0.3) is 0 Å². The SMILES string of the molecule is CN=C(NCC(=O)NCc1ccco1)N1CCOC(c2ccccc2C)C1.I. The molecule has 1 atom stereocenters. The number of amides is 1. The van der Waals surface area contributed by atoms with Gasteiger partial charge in [0.25, 0.3) is 0 Å². The van der Waals surface area contributed by atoms with Crippen molar-refractivity contribution < 1.29 is 13.9 Å². The number of carbonyl (C=O) groups excluding carboxylic acids is 1. The van der Waals surface area contributed by atoms with E-state index in [1.54, 1.807) is 19.4 Å². The maximum absolute atomic E-state index is 12.1. The molecule has 1 aromatic heterocycles. The van der Waals surface area contributed by atoms with Gasteiger partial charge in [0, 0.05) is 13.6 Å². The van der Waals surface area contributed by atoms with E-state index < -0.39 is 0 Å². The first-order chi connectivity index (χ1) is 13.2. The minimum absolute atomic E-state index is 0. The fourth-order valence-corrected chi connectivity index (χ4v) is 3.13. The van der Waals surface area contributed by atoms with E-state index >= 15 is 0 Å². The number of halogens is 1. The highest BCUT2D eigenvalue weighted by Gasteiger charge is 2.25. The van der Waals surface area contributed by atoms with E-state index in [4.69, 9.17) is 9.15 Å². The predicted molar refractivity (Wildman–Crippen MR) is 119 cm³/mol. The van der Waals surface area contributed by atoms with E-state index in [0.717, 1.165) is 12.3 Å². The summed E-state index contributed by atoms with van der Waals surface area (Å²) in [5, 5.41) is 5.95. The van der Waals surface area contributed by atoms with E-state index in [9.17, 15) is 4.79 Å². The molecule has 8 heteroatoms. The summed E-state index contributed by atoms with van der Waals surface area (Å²) in [6.45, 7) is 4.66. The number of furan rings is 1. The number of guanidine groups is 1. The quantitative estimate of drug-likeness (QED) is 0.376. The van der Waals surface area contributed by atoms with Crippen LogP contribution in [0.2, 0.25) is 0 Å². The van der Waals surface area contributed by atoms with Gasteiger partial charge < -0.3 is 24.7 Å². The summed E-state index contributed by atoms with van der Waals surface area (Å²) in [6.07, 6.45) is 1.58. The zero-order valence-electron chi connectivity index (χ0n) is 16.2. The number of nitrogens with zero attached hydrogens (tertiary/aromatic N) is 2. The molecular weight excluding hydrogens is 471 g/mol. The lowest BCUT2D eigenvalue weighted by Gasteiger charge is -2.35. The third-order valence-corrected chi connectivity index (χ3v) is 4.56. The van der Waals surface area contributed by atoms with Gasteiger partial charge in [-0.3, -0.25) is 9.79 Å². The van der Waals surface area contributed by atoms with Crippen LogP contribution < -0.4 is 10.6 Å². The lowest BCUT2D eigenvalue weighted by atomic mass is 10.0. The van der Waals surface area contributed by atoms with Crippen LogP contribution in [-0.4, -0.2) is 50.1 Å². The van der Waals surface area contributed by atoms with E-state index in [0.29, 0.717) is 25.7 Å².